The van der Waals surface area contributed by atoms with E-state index in [1.54, 1.807) is 43.0 Å². The summed E-state index contributed by atoms with van der Waals surface area (Å²) < 4.78 is 0. The van der Waals surface area contributed by atoms with Gasteiger partial charge in [-0.05, 0) is 50.3 Å². The number of piperidine rings is 1. The van der Waals surface area contributed by atoms with E-state index in [9.17, 15) is 19.5 Å². The van der Waals surface area contributed by atoms with Crippen molar-refractivity contribution in [2.24, 2.45) is 11.8 Å². The van der Waals surface area contributed by atoms with E-state index >= 15 is 0 Å². The molecule has 0 aliphatic carbocycles. The van der Waals surface area contributed by atoms with Gasteiger partial charge in [0.05, 0.1) is 11.3 Å². The molecule has 7 nitrogen and oxygen atoms in total. The molecule has 0 saturated carbocycles. The third-order valence-corrected chi connectivity index (χ3v) is 5.15. The molecule has 0 aromatic heterocycles. The van der Waals surface area contributed by atoms with Gasteiger partial charge in [0.1, 0.15) is 0 Å². The second-order valence-electron chi connectivity index (χ2n) is 8.36. The predicted molar refractivity (Wildman–Crippen MR) is 108 cm³/mol. The number of nitrogens with one attached hydrogen (secondary N) is 2. The van der Waals surface area contributed by atoms with Gasteiger partial charge in [-0.25, -0.2) is 4.79 Å². The van der Waals surface area contributed by atoms with Crippen LogP contribution >= 0.6 is 0 Å². The van der Waals surface area contributed by atoms with Crippen molar-refractivity contribution in [2.45, 2.75) is 46.0 Å². The van der Waals surface area contributed by atoms with Crippen LogP contribution in [0.5, 0.6) is 0 Å². The van der Waals surface area contributed by atoms with Crippen LogP contribution in [-0.4, -0.2) is 47.5 Å². The van der Waals surface area contributed by atoms with Crippen molar-refractivity contribution in [1.82, 2.24) is 10.2 Å². The monoisotopic (exact) mass is 389 g/mol. The Morgan fingerprint density at radius 1 is 1.21 bits per heavy atom. The maximum Gasteiger partial charge on any atom is 0.317 e. The number of carbonyl (C=O) groups excluding carboxylic acids is 2. The lowest BCUT2D eigenvalue weighted by molar-refractivity contribution is -0.142. The van der Waals surface area contributed by atoms with Gasteiger partial charge in [0.2, 0.25) is 5.91 Å². The maximum atomic E-state index is 12.6. The molecule has 1 fully saturated rings. The number of urea groups is 1. The van der Waals surface area contributed by atoms with Gasteiger partial charge in [-0.1, -0.05) is 26.0 Å². The second kappa shape index (κ2) is 9.08. The highest BCUT2D eigenvalue weighted by Crippen LogP contribution is 2.25. The lowest BCUT2D eigenvalue weighted by Gasteiger charge is -2.32. The largest absolute Gasteiger partial charge is 0.481 e. The number of benzene rings is 1. The fourth-order valence-electron chi connectivity index (χ4n) is 3.12. The first-order chi connectivity index (χ1) is 13.1. The number of nitrogens with zero attached hydrogens (tertiary/aromatic N) is 1. The molecule has 1 unspecified atom stereocenters. The average Bonchev–Trinajstić information content (AvgIpc) is 2.66. The lowest BCUT2D eigenvalue weighted by Crippen LogP contribution is -2.48. The van der Waals surface area contributed by atoms with E-state index in [4.69, 9.17) is 0 Å². The Hall–Kier alpha value is -2.57. The Labute approximate surface area is 166 Å². The molecule has 0 spiro atoms. The zero-order valence-electron chi connectivity index (χ0n) is 17.1. The van der Waals surface area contributed by atoms with E-state index < -0.39 is 11.4 Å². The van der Waals surface area contributed by atoms with Crippen molar-refractivity contribution in [1.29, 1.82) is 0 Å². The molecule has 0 bridgehead atoms. The highest BCUT2D eigenvalue weighted by Gasteiger charge is 2.30. The number of anilines is 1. The minimum Gasteiger partial charge on any atom is -0.481 e. The lowest BCUT2D eigenvalue weighted by atomic mass is 9.85. The third kappa shape index (κ3) is 5.47. The summed E-state index contributed by atoms with van der Waals surface area (Å²) in [6, 6.07) is 6.75. The van der Waals surface area contributed by atoms with Crippen LogP contribution in [0.3, 0.4) is 0 Å². The van der Waals surface area contributed by atoms with Crippen molar-refractivity contribution in [2.75, 3.05) is 25.0 Å². The van der Waals surface area contributed by atoms with E-state index in [1.165, 1.54) is 0 Å². The molecule has 1 atom stereocenters. The van der Waals surface area contributed by atoms with Gasteiger partial charge < -0.3 is 20.6 Å². The number of carbonyl (C=O) groups is 3. The molecule has 1 aliphatic heterocycles. The molecule has 1 saturated heterocycles. The summed E-state index contributed by atoms with van der Waals surface area (Å²) in [6.45, 7) is 9.04. The summed E-state index contributed by atoms with van der Waals surface area (Å²) in [6.07, 6.45) is 1.53. The molecule has 0 radical (unpaired) electrons. The quantitative estimate of drug-likeness (QED) is 0.696. The minimum atomic E-state index is -0.990. The van der Waals surface area contributed by atoms with E-state index in [0.29, 0.717) is 36.8 Å². The van der Waals surface area contributed by atoms with Crippen LogP contribution in [0.15, 0.2) is 24.3 Å². The minimum absolute atomic E-state index is 0.119. The van der Waals surface area contributed by atoms with E-state index in [1.807, 2.05) is 13.8 Å². The Bertz CT molecular complexity index is 713. The second-order valence-corrected chi connectivity index (χ2v) is 8.36. The van der Waals surface area contributed by atoms with Gasteiger partial charge in [-0.3, -0.25) is 9.59 Å². The Morgan fingerprint density at radius 3 is 2.43 bits per heavy atom. The van der Waals surface area contributed by atoms with Crippen LogP contribution in [0.4, 0.5) is 10.5 Å². The van der Waals surface area contributed by atoms with Crippen molar-refractivity contribution < 1.29 is 19.5 Å². The normalized spacial score (nSPS) is 17.3. The summed E-state index contributed by atoms with van der Waals surface area (Å²) >= 11 is 0. The van der Waals surface area contributed by atoms with Crippen LogP contribution in [-0.2, 0) is 15.0 Å². The first kappa shape index (κ1) is 21.7. The summed E-state index contributed by atoms with van der Waals surface area (Å²) in [4.78, 5) is 37.9. The number of hydrogen-bond donors (Lipinski definition) is 3. The van der Waals surface area contributed by atoms with Crippen LogP contribution in [0, 0.1) is 11.8 Å². The van der Waals surface area contributed by atoms with Gasteiger partial charge in [0, 0.05) is 25.3 Å². The molecule has 1 aromatic rings. The van der Waals surface area contributed by atoms with Gasteiger partial charge in [0.25, 0.3) is 0 Å². The predicted octanol–water partition coefficient (Wildman–Crippen LogP) is 3.06. The van der Waals surface area contributed by atoms with Crippen LogP contribution in [0.1, 0.15) is 46.1 Å². The van der Waals surface area contributed by atoms with Crippen molar-refractivity contribution in [3.63, 3.8) is 0 Å². The number of carboxylic acid groups (broad SMARTS) is 1. The first-order valence-corrected chi connectivity index (χ1v) is 9.79. The number of hydrogen-bond acceptors (Lipinski definition) is 3. The van der Waals surface area contributed by atoms with E-state index in [-0.39, 0.29) is 17.9 Å². The summed E-state index contributed by atoms with van der Waals surface area (Å²) in [7, 11) is 0. The van der Waals surface area contributed by atoms with Crippen LogP contribution in [0.2, 0.25) is 0 Å². The molecule has 2 rings (SSSR count). The summed E-state index contributed by atoms with van der Waals surface area (Å²) in [5.41, 5.74) is 0.301. The molecule has 1 aliphatic rings. The van der Waals surface area contributed by atoms with E-state index in [0.717, 1.165) is 12.8 Å². The third-order valence-electron chi connectivity index (χ3n) is 5.15. The Balaban J connectivity index is 1.95. The molecule has 154 valence electrons. The highest BCUT2D eigenvalue weighted by atomic mass is 16.4. The fraction of sp³-hybridized carbons (Fsp3) is 0.571. The Morgan fingerprint density at radius 2 is 1.86 bits per heavy atom. The summed E-state index contributed by atoms with van der Waals surface area (Å²) in [5, 5.41) is 15.1. The van der Waals surface area contributed by atoms with Crippen LogP contribution < -0.4 is 10.6 Å². The first-order valence-electron chi connectivity index (χ1n) is 9.79. The maximum absolute atomic E-state index is 12.6. The SMILES string of the molecule is CC(C)CNC(=O)N1CCCC(C(=O)Nc2ccc(C(C)(C)C(=O)O)cc2)C1. The fourth-order valence-corrected chi connectivity index (χ4v) is 3.12. The number of rotatable bonds is 6. The van der Waals surface area contributed by atoms with Gasteiger partial charge >= 0.3 is 12.0 Å². The molecule has 28 heavy (non-hydrogen) atoms. The molecule has 1 heterocycles. The smallest absolute Gasteiger partial charge is 0.317 e. The summed E-state index contributed by atoms with van der Waals surface area (Å²) in [5.74, 6) is -0.899. The zero-order valence-corrected chi connectivity index (χ0v) is 17.1. The van der Waals surface area contributed by atoms with Crippen molar-refractivity contribution >= 4 is 23.6 Å². The molecule has 3 N–H and O–H groups in total. The average molecular weight is 389 g/mol. The molecular formula is C21H31N3O4. The number of amides is 3. The Kier molecular flexibility index (Phi) is 7.05. The van der Waals surface area contributed by atoms with Crippen LogP contribution in [0.25, 0.3) is 0 Å². The molecule has 7 heteroatoms. The molecular weight excluding hydrogens is 358 g/mol. The number of likely N-dealkylation sites (tertiary alicyclic amines) is 1. The number of carboxylic acids is 1. The topological polar surface area (TPSA) is 98.7 Å². The van der Waals surface area contributed by atoms with Gasteiger partial charge in [0.15, 0.2) is 0 Å². The number of aliphatic carboxylic acids is 1. The standard InChI is InChI=1S/C21H31N3O4/c1-14(2)12-22-20(28)24-11-5-6-15(13-24)18(25)23-17-9-7-16(8-10-17)21(3,4)19(26)27/h7-10,14-15H,5-6,11-13H2,1-4H3,(H,22,28)(H,23,25)(H,26,27). The van der Waals surface area contributed by atoms with Crippen molar-refractivity contribution in [3.8, 4) is 0 Å². The zero-order chi connectivity index (χ0) is 20.9. The van der Waals surface area contributed by atoms with Gasteiger partial charge in [-0.2, -0.15) is 0 Å². The van der Waals surface area contributed by atoms with E-state index in [2.05, 4.69) is 10.6 Å². The molecule has 1 aromatic carbocycles. The highest BCUT2D eigenvalue weighted by molar-refractivity contribution is 5.93. The van der Waals surface area contributed by atoms with Gasteiger partial charge in [-0.15, -0.1) is 0 Å². The molecule has 3 amide bonds. The van der Waals surface area contributed by atoms with Crippen molar-refractivity contribution in [3.05, 3.63) is 29.8 Å².